The molecule has 2 aromatic carbocycles. The number of nitrogen functional groups attached to an aromatic ring is 1. The van der Waals surface area contributed by atoms with E-state index >= 15 is 0 Å². The Morgan fingerprint density at radius 1 is 1.06 bits per heavy atom. The summed E-state index contributed by atoms with van der Waals surface area (Å²) in [7, 11) is 0. The second-order valence-electron chi connectivity index (χ2n) is 9.99. The number of carbonyl (C=O) groups excluding carboxylic acids is 1. The van der Waals surface area contributed by atoms with Crippen molar-refractivity contribution in [1.82, 2.24) is 4.90 Å². The average Bonchev–Trinajstić information content (AvgIpc) is 2.81. The summed E-state index contributed by atoms with van der Waals surface area (Å²) in [6.45, 7) is 6.54. The van der Waals surface area contributed by atoms with Crippen molar-refractivity contribution in [3.63, 3.8) is 0 Å². The molecule has 2 aromatic rings. The number of benzene rings is 2. The summed E-state index contributed by atoms with van der Waals surface area (Å²) in [4.78, 5) is 18.3. The van der Waals surface area contributed by atoms with Crippen molar-refractivity contribution in [3.8, 4) is 0 Å². The van der Waals surface area contributed by atoms with E-state index in [0.717, 1.165) is 42.6 Å². The van der Waals surface area contributed by atoms with Gasteiger partial charge in [-0.3, -0.25) is 15.1 Å². The van der Waals surface area contributed by atoms with Crippen molar-refractivity contribution in [1.29, 1.82) is 5.41 Å². The minimum absolute atomic E-state index is 0.0199. The second-order valence-corrected chi connectivity index (χ2v) is 10.4. The fourth-order valence-electron chi connectivity index (χ4n) is 5.65. The SMILES string of the molecule is C[C@@H]1CCC[C@H](C)N1CCCCCN1C(=O)C(c2cccc(C(=N)N)c2)Cc2ccc(Cl)cc21. The summed E-state index contributed by atoms with van der Waals surface area (Å²) in [5.74, 6) is -0.150. The van der Waals surface area contributed by atoms with Crippen molar-refractivity contribution in [2.75, 3.05) is 18.0 Å². The van der Waals surface area contributed by atoms with Gasteiger partial charge in [0.05, 0.1) is 5.92 Å². The van der Waals surface area contributed by atoms with Crippen molar-refractivity contribution < 1.29 is 4.79 Å². The van der Waals surface area contributed by atoms with Crippen LogP contribution in [-0.4, -0.2) is 41.8 Å². The van der Waals surface area contributed by atoms with Gasteiger partial charge in [0, 0.05) is 34.9 Å². The lowest BCUT2D eigenvalue weighted by Gasteiger charge is -2.39. The van der Waals surface area contributed by atoms with Gasteiger partial charge in [0.25, 0.3) is 0 Å². The van der Waals surface area contributed by atoms with Crippen molar-refractivity contribution in [3.05, 3.63) is 64.2 Å². The maximum Gasteiger partial charge on any atom is 0.234 e. The number of fused-ring (bicyclic) bond motifs is 1. The summed E-state index contributed by atoms with van der Waals surface area (Å²) in [6.07, 6.45) is 7.80. The maximum atomic E-state index is 13.7. The Hall–Kier alpha value is -2.37. The number of piperidine rings is 1. The molecule has 6 heteroatoms. The van der Waals surface area contributed by atoms with Gasteiger partial charge in [-0.1, -0.05) is 48.7 Å². The highest BCUT2D eigenvalue weighted by molar-refractivity contribution is 6.31. The number of hydrogen-bond acceptors (Lipinski definition) is 3. The highest BCUT2D eigenvalue weighted by atomic mass is 35.5. The Labute approximate surface area is 208 Å². The lowest BCUT2D eigenvalue weighted by molar-refractivity contribution is -0.120. The Morgan fingerprint density at radius 2 is 1.79 bits per heavy atom. The zero-order valence-corrected chi connectivity index (χ0v) is 21.2. The summed E-state index contributed by atoms with van der Waals surface area (Å²) in [5.41, 5.74) is 9.35. The highest BCUT2D eigenvalue weighted by Crippen LogP contribution is 2.37. The molecule has 0 radical (unpaired) electrons. The molecule has 2 aliphatic rings. The molecular weight excluding hydrogens is 444 g/mol. The van der Waals surface area contributed by atoms with Gasteiger partial charge in [-0.2, -0.15) is 0 Å². The Balaban J connectivity index is 1.45. The molecule has 0 aromatic heterocycles. The van der Waals surface area contributed by atoms with E-state index in [9.17, 15) is 4.79 Å². The van der Waals surface area contributed by atoms with Gasteiger partial charge < -0.3 is 10.6 Å². The molecule has 0 bridgehead atoms. The molecule has 1 saturated heterocycles. The molecule has 2 heterocycles. The van der Waals surface area contributed by atoms with E-state index in [4.69, 9.17) is 22.7 Å². The van der Waals surface area contributed by atoms with Crippen LogP contribution >= 0.6 is 11.6 Å². The number of nitrogens with one attached hydrogen (secondary N) is 1. The van der Waals surface area contributed by atoms with Crippen LogP contribution in [0.1, 0.15) is 75.0 Å². The van der Waals surface area contributed by atoms with Gasteiger partial charge in [-0.25, -0.2) is 0 Å². The number of rotatable bonds is 8. The molecule has 1 unspecified atom stereocenters. The Kier molecular flexibility index (Phi) is 7.95. The van der Waals surface area contributed by atoms with Crippen molar-refractivity contribution in [2.45, 2.75) is 76.8 Å². The van der Waals surface area contributed by atoms with Gasteiger partial charge in [0.15, 0.2) is 0 Å². The third kappa shape index (κ3) is 5.47. The predicted octanol–water partition coefficient (Wildman–Crippen LogP) is 5.73. The molecule has 1 amide bonds. The summed E-state index contributed by atoms with van der Waals surface area (Å²) < 4.78 is 0. The van der Waals surface area contributed by atoms with E-state index in [1.165, 1.54) is 19.3 Å². The molecule has 2 aliphatic heterocycles. The largest absolute Gasteiger partial charge is 0.384 e. The summed E-state index contributed by atoms with van der Waals surface area (Å²) in [6, 6.07) is 14.8. The standard InChI is InChI=1S/C28H37ClN4O/c1-19-8-6-9-20(2)32(19)14-4-3-5-15-33-26-18-24(29)13-12-22(26)17-25(28(33)34)21-10-7-11-23(16-21)27(30)31/h7,10-13,16,18-20,25H,3-6,8-9,14-15,17H2,1-2H3,(H3,30,31)/t19-,20+,25?. The molecule has 1 fully saturated rings. The fourth-order valence-corrected chi connectivity index (χ4v) is 5.81. The number of halogens is 1. The van der Waals surface area contributed by atoms with E-state index < -0.39 is 0 Å². The van der Waals surface area contributed by atoms with E-state index in [2.05, 4.69) is 18.7 Å². The lowest BCUT2D eigenvalue weighted by Crippen LogP contribution is -2.44. The maximum absolute atomic E-state index is 13.7. The molecule has 4 rings (SSSR count). The number of unbranched alkanes of at least 4 members (excludes halogenated alkanes) is 2. The number of nitrogens with zero attached hydrogens (tertiary/aromatic N) is 2. The van der Waals surface area contributed by atoms with Crippen LogP contribution in [0.2, 0.25) is 5.02 Å². The number of nitrogens with two attached hydrogens (primary N) is 1. The number of hydrogen-bond donors (Lipinski definition) is 2. The van der Waals surface area contributed by atoms with E-state index in [-0.39, 0.29) is 17.7 Å². The average molecular weight is 481 g/mol. The molecular formula is C28H37ClN4O. The van der Waals surface area contributed by atoms with Crippen LogP contribution < -0.4 is 10.6 Å². The topological polar surface area (TPSA) is 73.4 Å². The molecule has 0 aliphatic carbocycles. The smallest absolute Gasteiger partial charge is 0.234 e. The van der Waals surface area contributed by atoms with Crippen LogP contribution in [0.15, 0.2) is 42.5 Å². The first-order chi connectivity index (χ1) is 16.3. The number of anilines is 1. The normalized spacial score (nSPS) is 23.1. The highest BCUT2D eigenvalue weighted by Gasteiger charge is 2.34. The quantitative estimate of drug-likeness (QED) is 0.288. The van der Waals surface area contributed by atoms with Crippen LogP contribution in [0.4, 0.5) is 5.69 Å². The lowest BCUT2D eigenvalue weighted by atomic mass is 9.85. The van der Waals surface area contributed by atoms with E-state index in [0.29, 0.717) is 35.6 Å². The van der Waals surface area contributed by atoms with E-state index in [1.807, 2.05) is 47.4 Å². The van der Waals surface area contributed by atoms with E-state index in [1.54, 1.807) is 0 Å². The minimum Gasteiger partial charge on any atom is -0.384 e. The van der Waals surface area contributed by atoms with Gasteiger partial charge in [0.2, 0.25) is 5.91 Å². The first-order valence-electron chi connectivity index (χ1n) is 12.6. The zero-order chi connectivity index (χ0) is 24.2. The number of amidine groups is 1. The molecule has 34 heavy (non-hydrogen) atoms. The van der Waals surface area contributed by atoms with Crippen LogP contribution in [0.25, 0.3) is 0 Å². The zero-order valence-electron chi connectivity index (χ0n) is 20.4. The Morgan fingerprint density at radius 3 is 2.53 bits per heavy atom. The molecule has 5 nitrogen and oxygen atoms in total. The Bertz CT molecular complexity index is 1030. The summed E-state index contributed by atoms with van der Waals surface area (Å²) >= 11 is 6.31. The predicted molar refractivity (Wildman–Crippen MR) is 141 cm³/mol. The molecule has 0 spiro atoms. The van der Waals surface area contributed by atoms with Gasteiger partial charge in [-0.15, -0.1) is 0 Å². The van der Waals surface area contributed by atoms with Crippen molar-refractivity contribution >= 4 is 29.0 Å². The minimum atomic E-state index is -0.275. The number of likely N-dealkylation sites (tertiary alicyclic amines) is 1. The first kappa shape index (κ1) is 24.7. The second kappa shape index (κ2) is 10.9. The fraction of sp³-hybridized carbons (Fsp3) is 0.500. The monoisotopic (exact) mass is 480 g/mol. The number of amides is 1. The van der Waals surface area contributed by atoms with Crippen LogP contribution in [-0.2, 0) is 11.2 Å². The van der Waals surface area contributed by atoms with Crippen molar-refractivity contribution in [2.24, 2.45) is 5.73 Å². The third-order valence-corrected chi connectivity index (χ3v) is 7.84. The molecule has 182 valence electrons. The van der Waals surface area contributed by atoms with Crippen LogP contribution in [0, 0.1) is 5.41 Å². The third-order valence-electron chi connectivity index (χ3n) is 7.60. The molecule has 3 N–H and O–H groups in total. The van der Waals surface area contributed by atoms with Crippen LogP contribution in [0.3, 0.4) is 0 Å². The van der Waals surface area contributed by atoms with Crippen LogP contribution in [0.5, 0.6) is 0 Å². The number of carbonyl (C=O) groups is 1. The van der Waals surface area contributed by atoms with Gasteiger partial charge in [0.1, 0.15) is 5.84 Å². The van der Waals surface area contributed by atoms with Gasteiger partial charge >= 0.3 is 0 Å². The molecule has 0 saturated carbocycles. The molecule has 3 atom stereocenters. The first-order valence-corrected chi connectivity index (χ1v) is 13.0. The summed E-state index contributed by atoms with van der Waals surface area (Å²) in [5, 5.41) is 8.42. The van der Waals surface area contributed by atoms with Gasteiger partial charge in [-0.05, 0) is 81.8 Å².